The molecule has 2 N–H and O–H groups in total. The second-order valence-electron chi connectivity index (χ2n) is 6.46. The van der Waals surface area contributed by atoms with Crippen molar-refractivity contribution in [1.29, 1.82) is 0 Å². The van der Waals surface area contributed by atoms with Gasteiger partial charge in [0.05, 0.1) is 19.8 Å². The number of nitrogens with two attached hydrogens (primary N) is 1. The molecule has 5 heteroatoms. The highest BCUT2D eigenvalue weighted by molar-refractivity contribution is 6.08. The molecule has 0 spiro atoms. The summed E-state index contributed by atoms with van der Waals surface area (Å²) in [7, 11) is 3.04. The van der Waals surface area contributed by atoms with E-state index in [1.54, 1.807) is 12.1 Å². The molecule has 1 fully saturated rings. The lowest BCUT2D eigenvalue weighted by Gasteiger charge is -2.12. The number of anilines is 1. The standard InChI is InChI=1S/C20H23NO4/c1-11(2)12-5-7-13(8-6-12)19-20(25-19)18(22)17-15(21)9-14(23-3)10-16(17)24-4/h5-11,19-20H,21H2,1-4H3. The van der Waals surface area contributed by atoms with Gasteiger partial charge in [-0.15, -0.1) is 0 Å². The van der Waals surface area contributed by atoms with Crippen molar-refractivity contribution in [3.8, 4) is 11.5 Å². The minimum atomic E-state index is -0.533. The zero-order chi connectivity index (χ0) is 18.1. The van der Waals surface area contributed by atoms with Gasteiger partial charge in [0.2, 0.25) is 0 Å². The summed E-state index contributed by atoms with van der Waals surface area (Å²) in [5.74, 6) is 1.24. The van der Waals surface area contributed by atoms with Crippen LogP contribution in [0.25, 0.3) is 0 Å². The maximum Gasteiger partial charge on any atom is 0.200 e. The van der Waals surface area contributed by atoms with E-state index >= 15 is 0 Å². The third kappa shape index (κ3) is 3.33. The van der Waals surface area contributed by atoms with Crippen LogP contribution in [0.2, 0.25) is 0 Å². The zero-order valence-electron chi connectivity index (χ0n) is 14.9. The van der Waals surface area contributed by atoms with E-state index in [0.29, 0.717) is 28.7 Å². The molecule has 5 nitrogen and oxygen atoms in total. The lowest BCUT2D eigenvalue weighted by molar-refractivity contribution is 0.0951. The summed E-state index contributed by atoms with van der Waals surface area (Å²) in [5.41, 5.74) is 8.96. The van der Waals surface area contributed by atoms with E-state index in [1.165, 1.54) is 19.8 Å². The molecule has 0 aromatic heterocycles. The van der Waals surface area contributed by atoms with Crippen LogP contribution in [-0.4, -0.2) is 26.1 Å². The molecule has 2 aromatic rings. The molecule has 3 rings (SSSR count). The molecule has 1 aliphatic heterocycles. The zero-order valence-corrected chi connectivity index (χ0v) is 14.9. The van der Waals surface area contributed by atoms with Gasteiger partial charge in [-0.1, -0.05) is 38.1 Å². The number of carbonyl (C=O) groups excluding carboxylic acids is 1. The summed E-state index contributed by atoms with van der Waals surface area (Å²) in [6.45, 7) is 4.29. The molecule has 0 amide bonds. The van der Waals surface area contributed by atoms with Crippen LogP contribution in [0.15, 0.2) is 36.4 Å². The predicted octanol–water partition coefficient (Wildman–Crippen LogP) is 3.73. The number of Topliss-reactive ketones (excluding diaryl/α,β-unsaturated/α-hetero) is 1. The smallest absolute Gasteiger partial charge is 0.200 e. The van der Waals surface area contributed by atoms with E-state index in [0.717, 1.165) is 5.56 Å². The molecular weight excluding hydrogens is 318 g/mol. The lowest BCUT2D eigenvalue weighted by Crippen LogP contribution is -2.13. The van der Waals surface area contributed by atoms with E-state index in [2.05, 4.69) is 26.0 Å². The summed E-state index contributed by atoms with van der Waals surface area (Å²) in [5, 5.41) is 0. The fourth-order valence-electron chi connectivity index (χ4n) is 2.93. The number of rotatable bonds is 6. The number of ketones is 1. The molecule has 25 heavy (non-hydrogen) atoms. The first-order chi connectivity index (χ1) is 12.0. The number of ether oxygens (including phenoxy) is 3. The first kappa shape index (κ1) is 17.3. The molecule has 1 aliphatic rings. The predicted molar refractivity (Wildman–Crippen MR) is 96.4 cm³/mol. The van der Waals surface area contributed by atoms with Crippen LogP contribution in [0.5, 0.6) is 11.5 Å². The summed E-state index contributed by atoms with van der Waals surface area (Å²) >= 11 is 0. The van der Waals surface area contributed by atoms with Crippen LogP contribution in [-0.2, 0) is 4.74 Å². The number of carbonyl (C=O) groups is 1. The number of benzene rings is 2. The van der Waals surface area contributed by atoms with Crippen LogP contribution in [0.1, 0.15) is 47.4 Å². The fourth-order valence-corrected chi connectivity index (χ4v) is 2.93. The minimum Gasteiger partial charge on any atom is -0.497 e. The summed E-state index contributed by atoms with van der Waals surface area (Å²) in [6.07, 6.45) is -0.769. The molecule has 2 atom stereocenters. The summed E-state index contributed by atoms with van der Waals surface area (Å²) < 4.78 is 16.1. The highest BCUT2D eigenvalue weighted by Crippen LogP contribution is 2.43. The van der Waals surface area contributed by atoms with Crippen molar-refractivity contribution in [2.45, 2.75) is 32.0 Å². The second kappa shape index (κ2) is 6.76. The van der Waals surface area contributed by atoms with Gasteiger partial charge in [0.15, 0.2) is 11.9 Å². The van der Waals surface area contributed by atoms with Gasteiger partial charge in [-0.05, 0) is 17.0 Å². The molecule has 0 saturated carbocycles. The van der Waals surface area contributed by atoms with Crippen LogP contribution in [0.3, 0.4) is 0 Å². The Hall–Kier alpha value is -2.53. The Kier molecular flexibility index (Phi) is 4.68. The monoisotopic (exact) mass is 341 g/mol. The van der Waals surface area contributed by atoms with Gasteiger partial charge in [0.25, 0.3) is 0 Å². The topological polar surface area (TPSA) is 74.1 Å². The van der Waals surface area contributed by atoms with Crippen molar-refractivity contribution in [2.24, 2.45) is 0 Å². The maximum atomic E-state index is 12.8. The quantitative estimate of drug-likeness (QED) is 0.492. The second-order valence-corrected chi connectivity index (χ2v) is 6.46. The van der Waals surface area contributed by atoms with Crippen molar-refractivity contribution in [2.75, 3.05) is 20.0 Å². The molecule has 1 heterocycles. The Bertz CT molecular complexity index is 783. The Morgan fingerprint density at radius 3 is 2.36 bits per heavy atom. The number of nitrogen functional groups attached to an aromatic ring is 1. The lowest BCUT2D eigenvalue weighted by atomic mass is 9.97. The third-order valence-corrected chi connectivity index (χ3v) is 4.49. The van der Waals surface area contributed by atoms with E-state index in [4.69, 9.17) is 19.9 Å². The number of methoxy groups -OCH3 is 2. The number of epoxide rings is 1. The molecule has 132 valence electrons. The van der Waals surface area contributed by atoms with Gasteiger partial charge in [-0.2, -0.15) is 0 Å². The first-order valence-corrected chi connectivity index (χ1v) is 8.27. The Balaban J connectivity index is 1.82. The van der Waals surface area contributed by atoms with Crippen LogP contribution in [0, 0.1) is 0 Å². The molecular formula is C20H23NO4. The normalized spacial score (nSPS) is 18.9. The van der Waals surface area contributed by atoms with Gasteiger partial charge >= 0.3 is 0 Å². The summed E-state index contributed by atoms with van der Waals surface area (Å²) in [6, 6.07) is 11.4. The van der Waals surface area contributed by atoms with Gasteiger partial charge in [0, 0.05) is 17.8 Å². The van der Waals surface area contributed by atoms with Crippen molar-refractivity contribution in [3.63, 3.8) is 0 Å². The van der Waals surface area contributed by atoms with Crippen LogP contribution >= 0.6 is 0 Å². The van der Waals surface area contributed by atoms with Gasteiger partial charge in [-0.3, -0.25) is 4.79 Å². The maximum absolute atomic E-state index is 12.8. The van der Waals surface area contributed by atoms with Gasteiger partial charge in [-0.25, -0.2) is 0 Å². The average molecular weight is 341 g/mol. The van der Waals surface area contributed by atoms with Gasteiger partial charge in [0.1, 0.15) is 17.6 Å². The minimum absolute atomic E-state index is 0.171. The Morgan fingerprint density at radius 1 is 1.12 bits per heavy atom. The number of hydrogen-bond donors (Lipinski definition) is 1. The number of hydrogen-bond acceptors (Lipinski definition) is 5. The fraction of sp³-hybridized carbons (Fsp3) is 0.350. The van der Waals surface area contributed by atoms with E-state index in [-0.39, 0.29) is 11.9 Å². The largest absolute Gasteiger partial charge is 0.497 e. The van der Waals surface area contributed by atoms with Crippen molar-refractivity contribution in [3.05, 3.63) is 53.1 Å². The molecule has 2 unspecified atom stereocenters. The Labute approximate surface area is 147 Å². The molecule has 0 radical (unpaired) electrons. The van der Waals surface area contributed by atoms with Gasteiger partial charge < -0.3 is 19.9 Å². The van der Waals surface area contributed by atoms with Crippen LogP contribution < -0.4 is 15.2 Å². The first-order valence-electron chi connectivity index (χ1n) is 8.27. The molecule has 0 aliphatic carbocycles. The third-order valence-electron chi connectivity index (χ3n) is 4.49. The summed E-state index contributed by atoms with van der Waals surface area (Å²) in [4.78, 5) is 12.8. The average Bonchev–Trinajstić information content (AvgIpc) is 3.41. The highest BCUT2D eigenvalue weighted by atomic mass is 16.6. The van der Waals surface area contributed by atoms with Crippen molar-refractivity contribution < 1.29 is 19.0 Å². The molecule has 2 aromatic carbocycles. The van der Waals surface area contributed by atoms with E-state index < -0.39 is 6.10 Å². The van der Waals surface area contributed by atoms with Crippen molar-refractivity contribution in [1.82, 2.24) is 0 Å². The van der Waals surface area contributed by atoms with Crippen LogP contribution in [0.4, 0.5) is 5.69 Å². The SMILES string of the molecule is COc1cc(N)c(C(=O)C2OC2c2ccc(C(C)C)cc2)c(OC)c1. The van der Waals surface area contributed by atoms with E-state index in [1.807, 2.05) is 12.1 Å². The van der Waals surface area contributed by atoms with E-state index in [9.17, 15) is 4.79 Å². The highest BCUT2D eigenvalue weighted by Gasteiger charge is 2.47. The molecule has 1 saturated heterocycles. The molecule has 0 bridgehead atoms. The van der Waals surface area contributed by atoms with Crippen molar-refractivity contribution >= 4 is 11.5 Å². The Morgan fingerprint density at radius 2 is 1.80 bits per heavy atom.